The van der Waals surface area contributed by atoms with Crippen LogP contribution in [-0.2, 0) is 11.2 Å². The van der Waals surface area contributed by atoms with Gasteiger partial charge in [0.25, 0.3) is 0 Å². The van der Waals surface area contributed by atoms with Crippen LogP contribution in [0.3, 0.4) is 0 Å². The maximum Gasteiger partial charge on any atom is 0.341 e. The van der Waals surface area contributed by atoms with E-state index in [4.69, 9.17) is 0 Å². The number of likely N-dealkylation sites (tertiary alicyclic amines) is 1. The van der Waals surface area contributed by atoms with E-state index in [1.807, 2.05) is 39.0 Å². The lowest BCUT2D eigenvalue weighted by Crippen LogP contribution is -2.65. The van der Waals surface area contributed by atoms with E-state index < -0.39 is 23.8 Å². The quantitative estimate of drug-likeness (QED) is 0.791. The van der Waals surface area contributed by atoms with Gasteiger partial charge >= 0.3 is 5.91 Å². The summed E-state index contributed by atoms with van der Waals surface area (Å²) < 4.78 is 0.0985. The highest BCUT2D eigenvalue weighted by atomic mass is 16.4. The molecule has 0 aromatic heterocycles. The molecule has 1 aliphatic heterocycles. The first-order valence-electron chi connectivity index (χ1n) is 8.38. The van der Waals surface area contributed by atoms with E-state index in [1.165, 1.54) is 0 Å². The molecule has 130 valence electrons. The lowest BCUT2D eigenvalue weighted by atomic mass is 9.98. The standard InChI is InChI=1S/C18H24N2O4/c1-18(2,3)20(9-8-14(16(20)22)19-17(23)24)12-5-6-13-11(10-12)4-7-15(13)21/h5-6,10,14-15,19,21H,4,7-9H2,1-3H3/t14-,15?,20?/m0/s1. The lowest BCUT2D eigenvalue weighted by Gasteiger charge is -2.43. The molecule has 1 saturated heterocycles. The second-order valence-corrected chi connectivity index (χ2v) is 7.75. The zero-order chi connectivity index (χ0) is 17.7. The number of aryl methyl sites for hydroxylation is 1. The maximum atomic E-state index is 13.1. The first-order chi connectivity index (χ1) is 11.2. The van der Waals surface area contributed by atoms with Crippen molar-refractivity contribution in [2.24, 2.45) is 0 Å². The highest BCUT2D eigenvalue weighted by Crippen LogP contribution is 2.42. The Hall–Kier alpha value is -1.92. The molecule has 1 aromatic rings. The summed E-state index contributed by atoms with van der Waals surface area (Å²) in [6.07, 6.45) is 0.0999. The number of hydrogen-bond acceptors (Lipinski definition) is 4. The molecule has 3 rings (SSSR count). The van der Waals surface area contributed by atoms with Gasteiger partial charge in [0, 0.05) is 18.6 Å². The number of hydrogen-bond donors (Lipinski definition) is 2. The molecule has 6 heteroatoms. The summed E-state index contributed by atoms with van der Waals surface area (Å²) in [4.78, 5) is 24.0. The third-order valence-electron chi connectivity index (χ3n) is 5.48. The topological polar surface area (TPSA) is 89.5 Å². The normalized spacial score (nSPS) is 29.6. The molecule has 0 spiro atoms. The molecule has 0 radical (unpaired) electrons. The maximum absolute atomic E-state index is 13.1. The van der Waals surface area contributed by atoms with Crippen LogP contribution in [-0.4, -0.2) is 35.2 Å². The summed E-state index contributed by atoms with van der Waals surface area (Å²) >= 11 is 0. The molecule has 2 unspecified atom stereocenters. The van der Waals surface area contributed by atoms with E-state index in [0.29, 0.717) is 19.4 Å². The van der Waals surface area contributed by atoms with Gasteiger partial charge in [0.2, 0.25) is 0 Å². The number of nitrogens with zero attached hydrogens (tertiary/aromatic N) is 1. The van der Waals surface area contributed by atoms with Crippen molar-refractivity contribution >= 4 is 17.7 Å². The van der Waals surface area contributed by atoms with Crippen LogP contribution in [0.2, 0.25) is 0 Å². The van der Waals surface area contributed by atoms with Crippen LogP contribution < -0.4 is 14.9 Å². The second kappa shape index (κ2) is 5.57. The van der Waals surface area contributed by atoms with E-state index in [0.717, 1.165) is 23.2 Å². The Morgan fingerprint density at radius 2 is 2.04 bits per heavy atom. The number of fused-ring (bicyclic) bond motifs is 1. The Morgan fingerprint density at radius 1 is 1.33 bits per heavy atom. The van der Waals surface area contributed by atoms with Gasteiger partial charge < -0.3 is 20.3 Å². The number of carbonyl (C=O) groups is 2. The average Bonchev–Trinajstić information content (AvgIpc) is 3.00. The van der Waals surface area contributed by atoms with Crippen LogP contribution in [0.5, 0.6) is 0 Å². The van der Waals surface area contributed by atoms with Gasteiger partial charge in [-0.15, -0.1) is 0 Å². The Labute approximate surface area is 141 Å². The number of amides is 2. The monoisotopic (exact) mass is 332 g/mol. The molecule has 1 heterocycles. The van der Waals surface area contributed by atoms with Crippen molar-refractivity contribution in [1.82, 2.24) is 9.80 Å². The predicted molar refractivity (Wildman–Crippen MR) is 88.1 cm³/mol. The van der Waals surface area contributed by atoms with Crippen LogP contribution >= 0.6 is 0 Å². The van der Waals surface area contributed by atoms with Gasteiger partial charge in [-0.2, -0.15) is 0 Å². The minimum absolute atomic E-state index is 0.0985. The van der Waals surface area contributed by atoms with Crippen molar-refractivity contribution in [3.63, 3.8) is 0 Å². The van der Waals surface area contributed by atoms with Gasteiger partial charge in [0.15, 0.2) is 0 Å². The molecule has 2 amide bonds. The lowest BCUT2D eigenvalue weighted by molar-refractivity contribution is -0.251. The van der Waals surface area contributed by atoms with E-state index >= 15 is 0 Å². The molecule has 2 aliphatic rings. The number of nitrogens with one attached hydrogen (secondary N) is 1. The first kappa shape index (κ1) is 16.9. The van der Waals surface area contributed by atoms with Crippen LogP contribution in [0.1, 0.15) is 50.8 Å². The molecular weight excluding hydrogens is 308 g/mol. The summed E-state index contributed by atoms with van der Waals surface area (Å²) in [5.41, 5.74) is 2.46. The minimum atomic E-state index is -1.42. The summed E-state index contributed by atoms with van der Waals surface area (Å²) in [5, 5.41) is 23.1. The van der Waals surface area contributed by atoms with Crippen molar-refractivity contribution in [1.29, 1.82) is 0 Å². The highest BCUT2D eigenvalue weighted by molar-refractivity contribution is 5.97. The number of aliphatic hydroxyl groups excluding tert-OH is 1. The van der Waals surface area contributed by atoms with Gasteiger partial charge in [-0.1, -0.05) is 6.07 Å². The number of quaternary nitrogens is 1. The van der Waals surface area contributed by atoms with Gasteiger partial charge in [0.05, 0.1) is 12.6 Å². The van der Waals surface area contributed by atoms with Crippen LogP contribution in [0.4, 0.5) is 10.5 Å². The first-order valence-corrected chi connectivity index (χ1v) is 8.38. The fourth-order valence-electron chi connectivity index (χ4n) is 4.23. The Kier molecular flexibility index (Phi) is 3.92. The minimum Gasteiger partial charge on any atom is -0.530 e. The van der Waals surface area contributed by atoms with E-state index in [2.05, 4.69) is 5.32 Å². The molecule has 6 nitrogen and oxygen atoms in total. The molecule has 24 heavy (non-hydrogen) atoms. The Morgan fingerprint density at radius 3 is 2.67 bits per heavy atom. The molecular formula is C18H24N2O4. The van der Waals surface area contributed by atoms with Crippen molar-refractivity contribution in [2.45, 2.75) is 57.7 Å². The number of carboxylic acid groups (broad SMARTS) is 1. The van der Waals surface area contributed by atoms with Crippen molar-refractivity contribution < 1.29 is 19.8 Å². The summed E-state index contributed by atoms with van der Waals surface area (Å²) in [6.45, 7) is 6.52. The molecule has 0 bridgehead atoms. The third kappa shape index (κ3) is 2.41. The molecule has 0 saturated carbocycles. The van der Waals surface area contributed by atoms with Crippen molar-refractivity contribution in [3.05, 3.63) is 29.3 Å². The van der Waals surface area contributed by atoms with Gasteiger partial charge in [-0.05, 0) is 44.7 Å². The van der Waals surface area contributed by atoms with Crippen molar-refractivity contribution in [2.75, 3.05) is 6.54 Å². The second-order valence-electron chi connectivity index (χ2n) is 7.75. The smallest absolute Gasteiger partial charge is 0.341 e. The third-order valence-corrected chi connectivity index (χ3v) is 5.48. The number of aliphatic hydroxyl groups is 1. The largest absolute Gasteiger partial charge is 0.530 e. The number of benzene rings is 1. The van der Waals surface area contributed by atoms with Gasteiger partial charge in [0.1, 0.15) is 23.4 Å². The molecule has 1 aromatic carbocycles. The zero-order valence-corrected chi connectivity index (χ0v) is 14.3. The van der Waals surface area contributed by atoms with Gasteiger partial charge in [-0.25, -0.2) is 9.28 Å². The summed E-state index contributed by atoms with van der Waals surface area (Å²) in [6, 6.07) is 5.07. The number of rotatable bonds is 2. The van der Waals surface area contributed by atoms with E-state index in [-0.39, 0.29) is 10.4 Å². The molecule has 3 atom stereocenters. The van der Waals surface area contributed by atoms with Crippen LogP contribution in [0.15, 0.2) is 18.2 Å². The molecule has 1 aliphatic carbocycles. The molecule has 1 fully saturated rings. The van der Waals surface area contributed by atoms with Crippen LogP contribution in [0.25, 0.3) is 0 Å². The summed E-state index contributed by atoms with van der Waals surface area (Å²) in [5.74, 6) is -0.148. The summed E-state index contributed by atoms with van der Waals surface area (Å²) in [7, 11) is 0. The Bertz CT molecular complexity index is 695. The van der Waals surface area contributed by atoms with E-state index in [1.54, 1.807) is 0 Å². The average molecular weight is 332 g/mol. The zero-order valence-electron chi connectivity index (χ0n) is 14.3. The highest BCUT2D eigenvalue weighted by Gasteiger charge is 2.56. The van der Waals surface area contributed by atoms with E-state index in [9.17, 15) is 19.8 Å². The fourth-order valence-corrected chi connectivity index (χ4v) is 4.23. The Balaban J connectivity index is 2.06. The van der Waals surface area contributed by atoms with Crippen LogP contribution in [0, 0.1) is 0 Å². The fraction of sp³-hybridized carbons (Fsp3) is 0.556. The predicted octanol–water partition coefficient (Wildman–Crippen LogP) is 1.00. The van der Waals surface area contributed by atoms with Crippen molar-refractivity contribution in [3.8, 4) is 0 Å². The number of carbonyl (C=O) groups excluding carboxylic acids is 2. The van der Waals surface area contributed by atoms with Gasteiger partial charge in [-0.3, -0.25) is 0 Å². The SMILES string of the molecule is CC(C)(C)[N+]1(c2ccc3c(c2)CCC3O)CC[C@H](NC(=O)[O-])C1=O. The molecule has 2 N–H and O–H groups in total.